The Kier molecular flexibility index (Phi) is 3.38. The summed E-state index contributed by atoms with van der Waals surface area (Å²) in [6, 6.07) is 12.5. The normalized spacial score (nSPS) is 10.1. The molecule has 18 heavy (non-hydrogen) atoms. The van der Waals surface area contributed by atoms with E-state index in [1.165, 1.54) is 0 Å². The van der Waals surface area contributed by atoms with Crippen LogP contribution < -0.4 is 0 Å². The summed E-state index contributed by atoms with van der Waals surface area (Å²) < 4.78 is 0. The zero-order valence-electron chi connectivity index (χ0n) is 10.4. The molecule has 0 fully saturated rings. The molecule has 0 aromatic heterocycles. The molecule has 0 saturated carbocycles. The number of carbonyl (C=O) groups is 1. The van der Waals surface area contributed by atoms with Gasteiger partial charge in [0.15, 0.2) is 5.78 Å². The first kappa shape index (κ1) is 12.2. The second-order valence-corrected chi connectivity index (χ2v) is 4.29. The Morgan fingerprint density at radius 1 is 1.00 bits per heavy atom. The van der Waals surface area contributed by atoms with Crippen LogP contribution in [0.2, 0.25) is 0 Å². The van der Waals surface area contributed by atoms with Gasteiger partial charge < -0.3 is 0 Å². The van der Waals surface area contributed by atoms with Crippen LogP contribution in [0.5, 0.6) is 0 Å². The van der Waals surface area contributed by atoms with Crippen molar-refractivity contribution in [2.45, 2.75) is 13.8 Å². The van der Waals surface area contributed by atoms with Crippen molar-refractivity contribution in [3.05, 3.63) is 70.3 Å². The quantitative estimate of drug-likeness (QED) is 0.769. The maximum Gasteiger partial charge on any atom is 0.234 e. The molecule has 0 aliphatic carbocycles. The Morgan fingerprint density at radius 3 is 2.28 bits per heavy atom. The largest absolute Gasteiger partial charge is 0.289 e. The molecule has 0 atom stereocenters. The number of aryl methyl sites for hydroxylation is 2. The van der Waals surface area contributed by atoms with E-state index in [0.717, 1.165) is 11.1 Å². The third-order valence-corrected chi connectivity index (χ3v) is 2.92. The van der Waals surface area contributed by atoms with Crippen LogP contribution in [0.25, 0.3) is 0 Å². The van der Waals surface area contributed by atoms with Crippen LogP contribution in [0.15, 0.2) is 42.5 Å². The lowest BCUT2D eigenvalue weighted by Crippen LogP contribution is -2.07. The molecule has 2 aromatic carbocycles. The number of rotatable bonds is 3. The van der Waals surface area contributed by atoms with E-state index in [1.54, 1.807) is 24.3 Å². The Hall–Kier alpha value is -2.22. The topological polar surface area (TPSA) is 34.1 Å². The molecule has 0 bridgehead atoms. The monoisotopic (exact) mass is 237 g/mol. The van der Waals surface area contributed by atoms with E-state index in [-0.39, 0.29) is 5.78 Å². The number of ketones is 1. The van der Waals surface area contributed by atoms with Gasteiger partial charge >= 0.3 is 0 Å². The second-order valence-electron chi connectivity index (χ2n) is 4.29. The van der Waals surface area contributed by atoms with Crippen molar-refractivity contribution in [3.63, 3.8) is 0 Å². The van der Waals surface area contributed by atoms with Gasteiger partial charge in [0.1, 0.15) is 0 Å². The molecule has 0 unspecified atom stereocenters. The SMILES string of the molecule is Cc1ccc(C(=O)c2c(C)cccc2[C]=O)cc1. The summed E-state index contributed by atoms with van der Waals surface area (Å²) in [5.41, 5.74) is 3.24. The number of hydrogen-bond donors (Lipinski definition) is 0. The molecule has 2 heteroatoms. The Morgan fingerprint density at radius 2 is 1.67 bits per heavy atom. The Labute approximate surface area is 106 Å². The van der Waals surface area contributed by atoms with Crippen molar-refractivity contribution in [1.82, 2.24) is 0 Å². The molecule has 2 rings (SSSR count). The number of hydrogen-bond acceptors (Lipinski definition) is 2. The number of benzene rings is 2. The summed E-state index contributed by atoms with van der Waals surface area (Å²) in [6.07, 6.45) is 1.83. The summed E-state index contributed by atoms with van der Waals surface area (Å²) in [5, 5.41) is 0. The fourth-order valence-corrected chi connectivity index (χ4v) is 1.90. The zero-order chi connectivity index (χ0) is 13.1. The van der Waals surface area contributed by atoms with Crippen LogP contribution in [0, 0.1) is 13.8 Å². The van der Waals surface area contributed by atoms with Gasteiger partial charge in [-0.1, -0.05) is 48.0 Å². The molecule has 0 saturated heterocycles. The highest BCUT2D eigenvalue weighted by Crippen LogP contribution is 2.18. The van der Waals surface area contributed by atoms with E-state index >= 15 is 0 Å². The van der Waals surface area contributed by atoms with Crippen molar-refractivity contribution in [2.75, 3.05) is 0 Å². The lowest BCUT2D eigenvalue weighted by molar-refractivity contribution is 0.103. The smallest absolute Gasteiger partial charge is 0.234 e. The molecule has 0 spiro atoms. The van der Waals surface area contributed by atoms with Crippen molar-refractivity contribution < 1.29 is 9.59 Å². The molecule has 2 aromatic rings. The van der Waals surface area contributed by atoms with Gasteiger partial charge in [0.05, 0.1) is 0 Å². The highest BCUT2D eigenvalue weighted by molar-refractivity contribution is 6.13. The van der Waals surface area contributed by atoms with Crippen LogP contribution >= 0.6 is 0 Å². The molecule has 0 aliphatic heterocycles. The first-order chi connectivity index (χ1) is 8.63. The van der Waals surface area contributed by atoms with Gasteiger partial charge in [-0.2, -0.15) is 0 Å². The molecule has 0 aliphatic rings. The molecule has 0 amide bonds. The van der Waals surface area contributed by atoms with Gasteiger partial charge in [0.2, 0.25) is 6.29 Å². The third kappa shape index (κ3) is 2.23. The van der Waals surface area contributed by atoms with Gasteiger partial charge in [0, 0.05) is 16.7 Å². The molecule has 0 N–H and O–H groups in total. The van der Waals surface area contributed by atoms with E-state index < -0.39 is 0 Å². The van der Waals surface area contributed by atoms with Crippen LogP contribution in [-0.4, -0.2) is 12.1 Å². The standard InChI is InChI=1S/C16H13O2/c1-11-6-8-13(9-7-11)16(18)15-12(2)4-3-5-14(15)10-17/h3-9H,1-2H3. The highest BCUT2D eigenvalue weighted by Gasteiger charge is 2.15. The highest BCUT2D eigenvalue weighted by atomic mass is 16.1. The van der Waals surface area contributed by atoms with Crippen molar-refractivity contribution >= 4 is 12.1 Å². The summed E-state index contributed by atoms with van der Waals surface area (Å²) in [4.78, 5) is 23.3. The van der Waals surface area contributed by atoms with E-state index in [2.05, 4.69) is 0 Å². The van der Waals surface area contributed by atoms with E-state index in [1.807, 2.05) is 38.3 Å². The molecular weight excluding hydrogens is 224 g/mol. The fraction of sp³-hybridized carbons (Fsp3) is 0.125. The van der Waals surface area contributed by atoms with Crippen molar-refractivity contribution in [1.29, 1.82) is 0 Å². The molecule has 1 radical (unpaired) electrons. The maximum atomic E-state index is 12.4. The maximum absolute atomic E-state index is 12.4. The van der Waals surface area contributed by atoms with Gasteiger partial charge in [-0.15, -0.1) is 0 Å². The number of carbonyl (C=O) groups excluding carboxylic acids is 2. The van der Waals surface area contributed by atoms with E-state index in [0.29, 0.717) is 16.7 Å². The average molecular weight is 237 g/mol. The van der Waals surface area contributed by atoms with E-state index in [9.17, 15) is 9.59 Å². The Balaban J connectivity index is 2.52. The average Bonchev–Trinajstić information content (AvgIpc) is 2.38. The van der Waals surface area contributed by atoms with Gasteiger partial charge in [-0.3, -0.25) is 9.59 Å². The first-order valence-corrected chi connectivity index (χ1v) is 5.72. The molecule has 89 valence electrons. The third-order valence-electron chi connectivity index (χ3n) is 2.92. The fourth-order valence-electron chi connectivity index (χ4n) is 1.90. The van der Waals surface area contributed by atoms with Crippen LogP contribution in [-0.2, 0) is 4.79 Å². The van der Waals surface area contributed by atoms with Gasteiger partial charge in [-0.25, -0.2) is 0 Å². The Bertz CT molecular complexity index is 595. The summed E-state index contributed by atoms with van der Waals surface area (Å²) in [6.45, 7) is 3.79. The minimum atomic E-state index is -0.133. The molecular formula is C16H13O2. The molecule has 0 heterocycles. The predicted octanol–water partition coefficient (Wildman–Crippen LogP) is 2.99. The predicted molar refractivity (Wildman–Crippen MR) is 70.6 cm³/mol. The minimum absolute atomic E-state index is 0.133. The van der Waals surface area contributed by atoms with Crippen LogP contribution in [0.1, 0.15) is 32.6 Å². The molecule has 2 nitrogen and oxygen atoms in total. The summed E-state index contributed by atoms with van der Waals surface area (Å²) in [7, 11) is 0. The van der Waals surface area contributed by atoms with Gasteiger partial charge in [0.25, 0.3) is 0 Å². The lowest BCUT2D eigenvalue weighted by atomic mass is 9.94. The first-order valence-electron chi connectivity index (χ1n) is 5.72. The van der Waals surface area contributed by atoms with E-state index in [4.69, 9.17) is 0 Å². The summed E-state index contributed by atoms with van der Waals surface area (Å²) >= 11 is 0. The minimum Gasteiger partial charge on any atom is -0.289 e. The van der Waals surface area contributed by atoms with Crippen molar-refractivity contribution in [3.8, 4) is 0 Å². The van der Waals surface area contributed by atoms with Crippen LogP contribution in [0.4, 0.5) is 0 Å². The lowest BCUT2D eigenvalue weighted by Gasteiger charge is -2.07. The van der Waals surface area contributed by atoms with Crippen LogP contribution in [0.3, 0.4) is 0 Å². The second kappa shape index (κ2) is 4.96. The van der Waals surface area contributed by atoms with Crippen molar-refractivity contribution in [2.24, 2.45) is 0 Å². The zero-order valence-corrected chi connectivity index (χ0v) is 10.4. The summed E-state index contributed by atoms with van der Waals surface area (Å²) in [5.74, 6) is -0.133. The van der Waals surface area contributed by atoms with Gasteiger partial charge in [-0.05, 0) is 19.4 Å².